The van der Waals surface area contributed by atoms with Crippen LogP contribution in [0.2, 0.25) is 0 Å². The van der Waals surface area contributed by atoms with Gasteiger partial charge in [0.1, 0.15) is 5.76 Å². The van der Waals surface area contributed by atoms with E-state index >= 15 is 0 Å². The molecule has 1 heterocycles. The molecule has 0 saturated heterocycles. The number of non-ortho nitro benzene ring substituents is 1. The lowest BCUT2D eigenvalue weighted by atomic mass is 10.2. The third-order valence-corrected chi connectivity index (χ3v) is 4.31. The fourth-order valence-electron chi connectivity index (χ4n) is 1.75. The summed E-state index contributed by atoms with van der Waals surface area (Å²) in [5, 5.41) is 10.5. The summed E-state index contributed by atoms with van der Waals surface area (Å²) in [6, 6.07) is 8.36. The summed E-state index contributed by atoms with van der Waals surface area (Å²) in [5.41, 5.74) is -0.147. The van der Waals surface area contributed by atoms with Crippen LogP contribution in [0.3, 0.4) is 0 Å². The summed E-state index contributed by atoms with van der Waals surface area (Å²) < 4.78 is 31.5. The first kappa shape index (κ1) is 15.2. The second-order valence-electron chi connectivity index (χ2n) is 4.33. The quantitative estimate of drug-likeness (QED) is 0.479. The molecular formula is C13H14N2O5S. The molecule has 0 spiro atoms. The minimum Gasteiger partial charge on any atom is -0.469 e. The van der Waals surface area contributed by atoms with E-state index < -0.39 is 14.9 Å². The monoisotopic (exact) mass is 310 g/mol. The summed E-state index contributed by atoms with van der Waals surface area (Å²) >= 11 is 0. The molecule has 7 nitrogen and oxygen atoms in total. The fraction of sp³-hybridized carbons (Fsp3) is 0.231. The summed E-state index contributed by atoms with van der Waals surface area (Å²) in [6.07, 6.45) is 2.80. The van der Waals surface area contributed by atoms with Crippen LogP contribution in [-0.2, 0) is 16.4 Å². The molecule has 0 radical (unpaired) electrons. The topological polar surface area (TPSA) is 102 Å². The first-order valence-corrected chi connectivity index (χ1v) is 7.74. The maximum Gasteiger partial charge on any atom is 0.269 e. The third kappa shape index (κ3) is 4.14. The van der Waals surface area contributed by atoms with Gasteiger partial charge in [-0.3, -0.25) is 10.1 Å². The summed E-state index contributed by atoms with van der Waals surface area (Å²) in [6.45, 7) is 0.264. The van der Waals surface area contributed by atoms with Gasteiger partial charge in [-0.2, -0.15) is 0 Å². The number of nitrogens with zero attached hydrogens (tertiary/aromatic N) is 1. The SMILES string of the molecule is O=[N+]([O-])c1ccc(S(=O)(=O)NCCCc2ccco2)cc1. The van der Waals surface area contributed by atoms with Crippen molar-refractivity contribution in [2.75, 3.05) is 6.54 Å². The molecule has 0 aliphatic rings. The number of rotatable bonds is 7. The maximum absolute atomic E-state index is 12.0. The van der Waals surface area contributed by atoms with Crippen molar-refractivity contribution in [2.45, 2.75) is 17.7 Å². The molecular weight excluding hydrogens is 296 g/mol. The number of nitro groups is 1. The predicted octanol–water partition coefficient (Wildman–Crippen LogP) is 2.10. The van der Waals surface area contributed by atoms with Crippen LogP contribution in [-0.4, -0.2) is 19.9 Å². The van der Waals surface area contributed by atoms with Crippen LogP contribution in [0, 0.1) is 10.1 Å². The van der Waals surface area contributed by atoms with Gasteiger partial charge in [0.25, 0.3) is 5.69 Å². The van der Waals surface area contributed by atoms with Crippen molar-refractivity contribution in [2.24, 2.45) is 0 Å². The molecule has 1 aromatic carbocycles. The Hall–Kier alpha value is -2.19. The minimum absolute atomic E-state index is 0.00565. The summed E-state index contributed by atoms with van der Waals surface area (Å²) in [5.74, 6) is 0.796. The second kappa shape index (κ2) is 6.51. The van der Waals surface area contributed by atoms with Gasteiger partial charge in [0.15, 0.2) is 0 Å². The lowest BCUT2D eigenvalue weighted by molar-refractivity contribution is -0.384. The van der Waals surface area contributed by atoms with Gasteiger partial charge in [-0.15, -0.1) is 0 Å². The first-order chi connectivity index (χ1) is 9.99. The standard InChI is InChI=1S/C13H14N2O5S/c16-15(17)11-5-7-13(8-6-11)21(18,19)14-9-1-3-12-4-2-10-20-12/h2,4-8,10,14H,1,3,9H2. The van der Waals surface area contributed by atoms with Crippen LogP contribution in [0.15, 0.2) is 52.0 Å². The number of sulfonamides is 1. The molecule has 0 unspecified atom stereocenters. The van der Waals surface area contributed by atoms with E-state index in [1.807, 2.05) is 6.07 Å². The first-order valence-electron chi connectivity index (χ1n) is 6.25. The van der Waals surface area contributed by atoms with Crippen molar-refractivity contribution in [1.29, 1.82) is 0 Å². The molecule has 0 atom stereocenters. The number of hydrogen-bond donors (Lipinski definition) is 1. The largest absolute Gasteiger partial charge is 0.469 e. The number of furan rings is 1. The Bertz CT molecular complexity index is 693. The molecule has 0 amide bonds. The molecule has 1 N–H and O–H groups in total. The molecule has 0 saturated carbocycles. The highest BCUT2D eigenvalue weighted by molar-refractivity contribution is 7.89. The van der Waals surface area contributed by atoms with Crippen molar-refractivity contribution in [3.8, 4) is 0 Å². The third-order valence-electron chi connectivity index (χ3n) is 2.83. The smallest absolute Gasteiger partial charge is 0.269 e. The summed E-state index contributed by atoms with van der Waals surface area (Å²) in [7, 11) is -3.65. The molecule has 0 bridgehead atoms. The van der Waals surface area contributed by atoms with Gasteiger partial charge in [-0.05, 0) is 30.7 Å². The average molecular weight is 310 g/mol. The van der Waals surface area contributed by atoms with E-state index in [1.54, 1.807) is 12.3 Å². The lowest BCUT2D eigenvalue weighted by Crippen LogP contribution is -2.25. The van der Waals surface area contributed by atoms with Gasteiger partial charge in [-0.25, -0.2) is 13.1 Å². The molecule has 0 fully saturated rings. The molecule has 112 valence electrons. The highest BCUT2D eigenvalue weighted by Crippen LogP contribution is 2.15. The van der Waals surface area contributed by atoms with Gasteiger partial charge in [-0.1, -0.05) is 0 Å². The number of hydrogen-bond acceptors (Lipinski definition) is 5. The van der Waals surface area contributed by atoms with E-state index in [4.69, 9.17) is 4.42 Å². The highest BCUT2D eigenvalue weighted by atomic mass is 32.2. The normalized spacial score (nSPS) is 11.4. The zero-order valence-corrected chi connectivity index (χ0v) is 11.9. The highest BCUT2D eigenvalue weighted by Gasteiger charge is 2.15. The Morgan fingerprint density at radius 2 is 1.90 bits per heavy atom. The summed E-state index contributed by atoms with van der Waals surface area (Å²) in [4.78, 5) is 9.95. The van der Waals surface area contributed by atoms with Crippen molar-refractivity contribution >= 4 is 15.7 Å². The fourth-order valence-corrected chi connectivity index (χ4v) is 2.83. The number of nitrogens with one attached hydrogen (secondary N) is 1. The average Bonchev–Trinajstić information content (AvgIpc) is 2.97. The zero-order valence-electron chi connectivity index (χ0n) is 11.1. The molecule has 0 aliphatic carbocycles. The van der Waals surface area contributed by atoms with Crippen molar-refractivity contribution in [3.05, 3.63) is 58.5 Å². The van der Waals surface area contributed by atoms with Crippen LogP contribution in [0.5, 0.6) is 0 Å². The van der Waals surface area contributed by atoms with E-state index in [9.17, 15) is 18.5 Å². The Morgan fingerprint density at radius 3 is 2.48 bits per heavy atom. The van der Waals surface area contributed by atoms with Crippen LogP contribution < -0.4 is 4.72 Å². The molecule has 8 heteroatoms. The van der Waals surface area contributed by atoms with E-state index in [0.29, 0.717) is 12.8 Å². The minimum atomic E-state index is -3.65. The van der Waals surface area contributed by atoms with Gasteiger partial charge in [0.05, 0.1) is 16.1 Å². The van der Waals surface area contributed by atoms with Crippen molar-refractivity contribution in [3.63, 3.8) is 0 Å². The second-order valence-corrected chi connectivity index (χ2v) is 6.10. The molecule has 2 aromatic rings. The van der Waals surface area contributed by atoms with Crippen LogP contribution in [0.4, 0.5) is 5.69 Å². The Morgan fingerprint density at radius 1 is 1.19 bits per heavy atom. The van der Waals surface area contributed by atoms with E-state index in [-0.39, 0.29) is 17.1 Å². The van der Waals surface area contributed by atoms with E-state index in [2.05, 4.69) is 4.72 Å². The van der Waals surface area contributed by atoms with Crippen LogP contribution >= 0.6 is 0 Å². The Balaban J connectivity index is 1.90. The van der Waals surface area contributed by atoms with Gasteiger partial charge >= 0.3 is 0 Å². The van der Waals surface area contributed by atoms with Crippen LogP contribution in [0.1, 0.15) is 12.2 Å². The van der Waals surface area contributed by atoms with Crippen molar-refractivity contribution < 1.29 is 17.8 Å². The van der Waals surface area contributed by atoms with Gasteiger partial charge in [0, 0.05) is 25.1 Å². The van der Waals surface area contributed by atoms with Crippen LogP contribution in [0.25, 0.3) is 0 Å². The number of nitro benzene ring substituents is 1. The van der Waals surface area contributed by atoms with E-state index in [0.717, 1.165) is 17.9 Å². The molecule has 21 heavy (non-hydrogen) atoms. The predicted molar refractivity (Wildman–Crippen MR) is 75.3 cm³/mol. The van der Waals surface area contributed by atoms with Gasteiger partial charge < -0.3 is 4.42 Å². The Kier molecular flexibility index (Phi) is 4.71. The molecule has 1 aromatic heterocycles. The zero-order chi connectivity index (χ0) is 15.3. The number of aryl methyl sites for hydroxylation is 1. The number of benzene rings is 1. The maximum atomic E-state index is 12.0. The van der Waals surface area contributed by atoms with E-state index in [1.165, 1.54) is 12.1 Å². The Labute approximate surface area is 121 Å². The van der Waals surface area contributed by atoms with Crippen molar-refractivity contribution in [1.82, 2.24) is 4.72 Å². The molecule has 0 aliphatic heterocycles. The lowest BCUT2D eigenvalue weighted by Gasteiger charge is -2.06. The molecule has 2 rings (SSSR count). The van der Waals surface area contributed by atoms with Gasteiger partial charge in [0.2, 0.25) is 10.0 Å².